The molecule has 0 bridgehead atoms. The highest BCUT2D eigenvalue weighted by molar-refractivity contribution is 8.04. The number of rotatable bonds is 5. The second kappa shape index (κ2) is 8.51. The monoisotopic (exact) mass is 360 g/mol. The van der Waals surface area contributed by atoms with Crippen LogP contribution in [0.15, 0.2) is 40.1 Å². The van der Waals surface area contributed by atoms with Crippen molar-refractivity contribution >= 4 is 29.3 Å². The van der Waals surface area contributed by atoms with Crippen LogP contribution in [0.3, 0.4) is 0 Å². The van der Waals surface area contributed by atoms with E-state index in [1.165, 1.54) is 17.8 Å². The van der Waals surface area contributed by atoms with Gasteiger partial charge in [0.1, 0.15) is 0 Å². The van der Waals surface area contributed by atoms with Crippen molar-refractivity contribution in [2.45, 2.75) is 11.3 Å². The van der Waals surface area contributed by atoms with Gasteiger partial charge in [-0.15, -0.1) is 0 Å². The van der Waals surface area contributed by atoms with Crippen LogP contribution in [0, 0.1) is 0 Å². The summed E-state index contributed by atoms with van der Waals surface area (Å²) in [5.74, 6) is -0.438. The molecule has 0 spiro atoms. The van der Waals surface area contributed by atoms with Crippen LogP contribution in [0.1, 0.15) is 6.42 Å². The van der Waals surface area contributed by atoms with Crippen LogP contribution < -0.4 is 10.6 Å². The second-order valence-corrected chi connectivity index (χ2v) is 7.43. The molecule has 2 aliphatic heterocycles. The Bertz CT molecular complexity index is 669. The van der Waals surface area contributed by atoms with E-state index in [0.717, 1.165) is 49.7 Å². The van der Waals surface area contributed by atoms with Crippen LogP contribution in [0.5, 0.6) is 0 Å². The van der Waals surface area contributed by atoms with Gasteiger partial charge >= 0.3 is 0 Å². The van der Waals surface area contributed by atoms with Gasteiger partial charge in [0.25, 0.3) is 5.91 Å². The van der Waals surface area contributed by atoms with Crippen LogP contribution in [-0.2, 0) is 9.59 Å². The topological polar surface area (TPSA) is 64.7 Å². The maximum atomic E-state index is 12.1. The second-order valence-electron chi connectivity index (χ2n) is 6.35. The number of para-hydroxylation sites is 1. The number of amides is 2. The fourth-order valence-electron chi connectivity index (χ4n) is 2.86. The Morgan fingerprint density at radius 1 is 1.28 bits per heavy atom. The summed E-state index contributed by atoms with van der Waals surface area (Å²) in [5.41, 5.74) is 0.794. The first kappa shape index (κ1) is 18.0. The van der Waals surface area contributed by atoms with Crippen LogP contribution in [0.2, 0.25) is 0 Å². The number of carbonyl (C=O) groups is 2. The molecule has 2 amide bonds. The van der Waals surface area contributed by atoms with E-state index in [2.05, 4.69) is 27.5 Å². The molecule has 0 aliphatic carbocycles. The van der Waals surface area contributed by atoms with Crippen LogP contribution in [-0.4, -0.2) is 67.9 Å². The molecular formula is C18H24N4O2S. The zero-order valence-corrected chi connectivity index (χ0v) is 15.3. The number of piperazine rings is 1. The molecule has 3 rings (SSSR count). The third-order valence-corrected chi connectivity index (χ3v) is 5.49. The smallest absolute Gasteiger partial charge is 0.262 e. The normalized spacial score (nSPS) is 20.2. The van der Waals surface area contributed by atoms with Gasteiger partial charge in [0.15, 0.2) is 0 Å². The van der Waals surface area contributed by atoms with Gasteiger partial charge in [0.2, 0.25) is 5.91 Å². The Balaban J connectivity index is 1.43. The highest BCUT2D eigenvalue weighted by atomic mass is 32.2. The first-order chi connectivity index (χ1) is 12.1. The van der Waals surface area contributed by atoms with Crippen molar-refractivity contribution < 1.29 is 9.59 Å². The standard InChI is InChI=1S/C18H24N4O2S/c1-21-9-11-22(12-10-21)8-4-7-19-17(23)13-16-18(24)20-14-5-2-3-6-15(14)25-16/h2-3,5-6,13H,4,7-12H2,1H3,(H,19,23)(H,20,24)/b16-13-. The van der Waals surface area contributed by atoms with Crippen LogP contribution in [0.4, 0.5) is 5.69 Å². The molecule has 0 atom stereocenters. The lowest BCUT2D eigenvalue weighted by molar-refractivity contribution is -0.117. The zero-order valence-electron chi connectivity index (χ0n) is 14.5. The summed E-state index contributed by atoms with van der Waals surface area (Å²) in [6, 6.07) is 7.58. The lowest BCUT2D eigenvalue weighted by Crippen LogP contribution is -2.45. The van der Waals surface area contributed by atoms with Gasteiger partial charge in [0.05, 0.1) is 10.6 Å². The summed E-state index contributed by atoms with van der Waals surface area (Å²) in [5, 5.41) is 5.69. The molecule has 0 unspecified atom stereocenters. The van der Waals surface area contributed by atoms with Gasteiger partial charge in [-0.1, -0.05) is 23.9 Å². The summed E-state index contributed by atoms with van der Waals surface area (Å²) >= 11 is 1.33. The lowest BCUT2D eigenvalue weighted by Gasteiger charge is -2.32. The minimum atomic E-state index is -0.226. The van der Waals surface area contributed by atoms with Gasteiger partial charge in [-0.3, -0.25) is 9.59 Å². The van der Waals surface area contributed by atoms with Crippen molar-refractivity contribution in [3.63, 3.8) is 0 Å². The molecule has 0 aromatic heterocycles. The number of thioether (sulfide) groups is 1. The van der Waals surface area contributed by atoms with E-state index in [4.69, 9.17) is 0 Å². The summed E-state index contributed by atoms with van der Waals surface area (Å²) in [4.78, 5) is 30.3. The molecule has 6 nitrogen and oxygen atoms in total. The number of nitrogens with one attached hydrogen (secondary N) is 2. The van der Waals surface area contributed by atoms with E-state index in [0.29, 0.717) is 11.4 Å². The average molecular weight is 360 g/mol. The molecule has 0 radical (unpaired) electrons. The molecule has 1 saturated heterocycles. The lowest BCUT2D eigenvalue weighted by atomic mass is 10.3. The molecule has 2 aliphatic rings. The number of hydrogen-bond donors (Lipinski definition) is 2. The molecular weight excluding hydrogens is 336 g/mol. The van der Waals surface area contributed by atoms with E-state index < -0.39 is 0 Å². The zero-order chi connectivity index (χ0) is 17.6. The summed E-state index contributed by atoms with van der Waals surface area (Å²) in [6.45, 7) is 6.00. The van der Waals surface area contributed by atoms with E-state index in [9.17, 15) is 9.59 Å². The average Bonchev–Trinajstić information content (AvgIpc) is 2.61. The van der Waals surface area contributed by atoms with Gasteiger partial charge in [-0.25, -0.2) is 0 Å². The van der Waals surface area contributed by atoms with Crippen molar-refractivity contribution in [2.24, 2.45) is 0 Å². The van der Waals surface area contributed by atoms with E-state index >= 15 is 0 Å². The Kier molecular flexibility index (Phi) is 6.12. The number of nitrogens with zero attached hydrogens (tertiary/aromatic N) is 2. The molecule has 2 N–H and O–H groups in total. The van der Waals surface area contributed by atoms with E-state index in [1.807, 2.05) is 24.3 Å². The quantitative estimate of drug-likeness (QED) is 0.613. The third-order valence-electron chi connectivity index (χ3n) is 4.39. The summed E-state index contributed by atoms with van der Waals surface area (Å²) in [7, 11) is 2.14. The molecule has 134 valence electrons. The van der Waals surface area contributed by atoms with Crippen molar-refractivity contribution in [3.05, 3.63) is 35.2 Å². The fourth-order valence-corrected chi connectivity index (χ4v) is 3.78. The Morgan fingerprint density at radius 3 is 2.84 bits per heavy atom. The molecule has 0 saturated carbocycles. The fraction of sp³-hybridized carbons (Fsp3) is 0.444. The first-order valence-corrected chi connectivity index (χ1v) is 9.42. The Labute approximate surface area is 152 Å². The number of anilines is 1. The SMILES string of the molecule is CN1CCN(CCCNC(=O)/C=C2\Sc3ccccc3NC2=O)CC1. The molecule has 25 heavy (non-hydrogen) atoms. The van der Waals surface area contributed by atoms with Crippen molar-refractivity contribution in [3.8, 4) is 0 Å². The van der Waals surface area contributed by atoms with Crippen LogP contribution >= 0.6 is 11.8 Å². The number of hydrogen-bond acceptors (Lipinski definition) is 5. The Hall–Kier alpha value is -1.83. The maximum absolute atomic E-state index is 12.1. The predicted molar refractivity (Wildman–Crippen MR) is 101 cm³/mol. The first-order valence-electron chi connectivity index (χ1n) is 8.60. The minimum Gasteiger partial charge on any atom is -0.352 e. The van der Waals surface area contributed by atoms with E-state index in [1.54, 1.807) is 0 Å². The summed E-state index contributed by atoms with van der Waals surface area (Å²) < 4.78 is 0. The molecule has 1 aromatic carbocycles. The molecule has 2 heterocycles. The number of likely N-dealkylation sites (N-methyl/N-ethyl adjacent to an activating group) is 1. The van der Waals surface area contributed by atoms with E-state index in [-0.39, 0.29) is 11.8 Å². The van der Waals surface area contributed by atoms with Crippen molar-refractivity contribution in [2.75, 3.05) is 51.6 Å². The minimum absolute atomic E-state index is 0.213. The summed E-state index contributed by atoms with van der Waals surface area (Å²) in [6.07, 6.45) is 2.31. The number of fused-ring (bicyclic) bond motifs is 1. The maximum Gasteiger partial charge on any atom is 0.262 e. The largest absolute Gasteiger partial charge is 0.352 e. The highest BCUT2D eigenvalue weighted by Crippen LogP contribution is 2.37. The van der Waals surface area contributed by atoms with Crippen molar-refractivity contribution in [1.82, 2.24) is 15.1 Å². The van der Waals surface area contributed by atoms with Crippen molar-refractivity contribution in [1.29, 1.82) is 0 Å². The van der Waals surface area contributed by atoms with Gasteiger partial charge in [-0.2, -0.15) is 0 Å². The Morgan fingerprint density at radius 2 is 2.04 bits per heavy atom. The highest BCUT2D eigenvalue weighted by Gasteiger charge is 2.21. The van der Waals surface area contributed by atoms with Crippen LogP contribution in [0.25, 0.3) is 0 Å². The van der Waals surface area contributed by atoms with Gasteiger partial charge in [-0.05, 0) is 32.1 Å². The third kappa shape index (κ3) is 5.07. The predicted octanol–water partition coefficient (Wildman–Crippen LogP) is 1.37. The molecule has 1 aromatic rings. The number of benzene rings is 1. The van der Waals surface area contributed by atoms with Gasteiger partial charge < -0.3 is 20.4 Å². The molecule has 1 fully saturated rings. The van der Waals surface area contributed by atoms with Gasteiger partial charge in [0, 0.05) is 43.7 Å². The number of carbonyl (C=O) groups excluding carboxylic acids is 2. The molecule has 7 heteroatoms.